The molecular weight excluding hydrogens is 122 g/mol. The Morgan fingerprint density at radius 2 is 1.80 bits per heavy atom. The highest BCUT2D eigenvalue weighted by Crippen LogP contribution is 2.13. The van der Waals surface area contributed by atoms with Crippen molar-refractivity contribution in [2.75, 3.05) is 6.54 Å². The standard InChI is InChI=1S/C9H19N/c1-8-5-3-4-6-9(2)10-7-8/h8-10H,3-7H2,1-2H3. The van der Waals surface area contributed by atoms with Crippen molar-refractivity contribution in [3.8, 4) is 0 Å². The molecule has 1 heterocycles. The Morgan fingerprint density at radius 1 is 1.10 bits per heavy atom. The van der Waals surface area contributed by atoms with Gasteiger partial charge in [0.15, 0.2) is 0 Å². The van der Waals surface area contributed by atoms with E-state index in [9.17, 15) is 0 Å². The van der Waals surface area contributed by atoms with Gasteiger partial charge in [-0.1, -0.05) is 19.8 Å². The summed E-state index contributed by atoms with van der Waals surface area (Å²) in [5.41, 5.74) is 0. The Labute approximate surface area is 64.2 Å². The van der Waals surface area contributed by atoms with Gasteiger partial charge in [-0.15, -0.1) is 0 Å². The van der Waals surface area contributed by atoms with Crippen LogP contribution in [0.2, 0.25) is 0 Å². The molecule has 0 radical (unpaired) electrons. The third-order valence-electron chi connectivity index (χ3n) is 2.40. The molecule has 1 heteroatoms. The van der Waals surface area contributed by atoms with Crippen LogP contribution in [-0.2, 0) is 0 Å². The lowest BCUT2D eigenvalue weighted by atomic mass is 9.98. The molecule has 60 valence electrons. The van der Waals surface area contributed by atoms with Crippen molar-refractivity contribution < 1.29 is 0 Å². The molecule has 1 aliphatic heterocycles. The molecule has 0 saturated carbocycles. The van der Waals surface area contributed by atoms with E-state index in [4.69, 9.17) is 0 Å². The first-order chi connectivity index (χ1) is 4.79. The topological polar surface area (TPSA) is 12.0 Å². The second-order valence-corrected chi connectivity index (χ2v) is 3.70. The van der Waals surface area contributed by atoms with E-state index in [1.807, 2.05) is 0 Å². The fourth-order valence-corrected chi connectivity index (χ4v) is 1.55. The summed E-state index contributed by atoms with van der Waals surface area (Å²) in [5, 5.41) is 3.53. The molecule has 1 saturated heterocycles. The molecule has 0 aliphatic carbocycles. The maximum Gasteiger partial charge on any atom is 0.00388 e. The first-order valence-corrected chi connectivity index (χ1v) is 4.52. The summed E-state index contributed by atoms with van der Waals surface area (Å²) in [6.07, 6.45) is 5.64. The van der Waals surface area contributed by atoms with Crippen molar-refractivity contribution in [1.82, 2.24) is 5.32 Å². The number of nitrogens with one attached hydrogen (secondary N) is 1. The minimum absolute atomic E-state index is 0.753. The minimum Gasteiger partial charge on any atom is -0.314 e. The molecule has 0 spiro atoms. The van der Waals surface area contributed by atoms with Crippen LogP contribution in [0, 0.1) is 5.92 Å². The van der Waals surface area contributed by atoms with E-state index in [-0.39, 0.29) is 0 Å². The minimum atomic E-state index is 0.753. The number of rotatable bonds is 0. The van der Waals surface area contributed by atoms with Crippen LogP contribution in [0.5, 0.6) is 0 Å². The molecular formula is C9H19N. The van der Waals surface area contributed by atoms with Crippen LogP contribution in [0.4, 0.5) is 0 Å². The summed E-state index contributed by atoms with van der Waals surface area (Å²) in [5.74, 6) is 0.891. The third-order valence-corrected chi connectivity index (χ3v) is 2.40. The van der Waals surface area contributed by atoms with Gasteiger partial charge in [0.05, 0.1) is 0 Å². The Balaban J connectivity index is 2.23. The fourth-order valence-electron chi connectivity index (χ4n) is 1.55. The third kappa shape index (κ3) is 2.70. The van der Waals surface area contributed by atoms with Crippen LogP contribution in [-0.4, -0.2) is 12.6 Å². The zero-order chi connectivity index (χ0) is 7.40. The van der Waals surface area contributed by atoms with E-state index in [2.05, 4.69) is 19.2 Å². The van der Waals surface area contributed by atoms with E-state index in [1.54, 1.807) is 0 Å². The zero-order valence-corrected chi connectivity index (χ0v) is 7.19. The van der Waals surface area contributed by atoms with Crippen molar-refractivity contribution >= 4 is 0 Å². The van der Waals surface area contributed by atoms with E-state index in [1.165, 1.54) is 32.2 Å². The van der Waals surface area contributed by atoms with E-state index in [0.717, 1.165) is 12.0 Å². The smallest absolute Gasteiger partial charge is 0.00388 e. The van der Waals surface area contributed by atoms with Gasteiger partial charge in [-0.2, -0.15) is 0 Å². The lowest BCUT2D eigenvalue weighted by Crippen LogP contribution is -2.31. The van der Waals surface area contributed by atoms with Gasteiger partial charge in [0.2, 0.25) is 0 Å². The molecule has 1 N–H and O–H groups in total. The molecule has 2 unspecified atom stereocenters. The van der Waals surface area contributed by atoms with Gasteiger partial charge in [0.1, 0.15) is 0 Å². The molecule has 0 bridgehead atoms. The molecule has 1 fully saturated rings. The molecule has 1 rings (SSSR count). The summed E-state index contributed by atoms with van der Waals surface area (Å²) in [6, 6.07) is 0.753. The normalized spacial score (nSPS) is 36.6. The van der Waals surface area contributed by atoms with Crippen LogP contribution in [0.25, 0.3) is 0 Å². The highest BCUT2D eigenvalue weighted by atomic mass is 14.9. The largest absolute Gasteiger partial charge is 0.314 e. The molecule has 0 amide bonds. The average Bonchev–Trinajstić information content (AvgIpc) is 1.90. The highest BCUT2D eigenvalue weighted by Gasteiger charge is 2.08. The Bertz CT molecular complexity index is 78.7. The Hall–Kier alpha value is -0.0400. The second kappa shape index (κ2) is 3.97. The zero-order valence-electron chi connectivity index (χ0n) is 7.19. The Morgan fingerprint density at radius 3 is 2.60 bits per heavy atom. The van der Waals surface area contributed by atoms with Gasteiger partial charge < -0.3 is 5.32 Å². The van der Waals surface area contributed by atoms with E-state index in [0.29, 0.717) is 0 Å². The number of hydrogen-bond acceptors (Lipinski definition) is 1. The fraction of sp³-hybridized carbons (Fsp3) is 1.00. The van der Waals surface area contributed by atoms with Crippen molar-refractivity contribution in [1.29, 1.82) is 0 Å². The molecule has 0 aromatic rings. The van der Waals surface area contributed by atoms with Crippen molar-refractivity contribution in [2.45, 2.75) is 45.6 Å². The van der Waals surface area contributed by atoms with Crippen molar-refractivity contribution in [3.05, 3.63) is 0 Å². The first kappa shape index (κ1) is 8.06. The van der Waals surface area contributed by atoms with Crippen LogP contribution in [0.1, 0.15) is 39.5 Å². The Kier molecular flexibility index (Phi) is 3.20. The summed E-state index contributed by atoms with van der Waals surface area (Å²) >= 11 is 0. The van der Waals surface area contributed by atoms with E-state index < -0.39 is 0 Å². The predicted octanol–water partition coefficient (Wildman–Crippen LogP) is 2.17. The molecule has 1 aliphatic rings. The molecule has 0 aromatic heterocycles. The molecule has 2 atom stereocenters. The van der Waals surface area contributed by atoms with E-state index >= 15 is 0 Å². The molecule has 10 heavy (non-hydrogen) atoms. The van der Waals surface area contributed by atoms with Crippen LogP contribution in [0.15, 0.2) is 0 Å². The first-order valence-electron chi connectivity index (χ1n) is 4.52. The highest BCUT2D eigenvalue weighted by molar-refractivity contribution is 4.67. The SMILES string of the molecule is CC1CCCCC(C)NC1. The second-order valence-electron chi connectivity index (χ2n) is 3.70. The maximum atomic E-state index is 3.53. The summed E-state index contributed by atoms with van der Waals surface area (Å²) in [6.45, 7) is 5.85. The van der Waals surface area contributed by atoms with Crippen molar-refractivity contribution in [2.24, 2.45) is 5.92 Å². The van der Waals surface area contributed by atoms with Crippen molar-refractivity contribution in [3.63, 3.8) is 0 Å². The van der Waals surface area contributed by atoms with Gasteiger partial charge >= 0.3 is 0 Å². The quantitative estimate of drug-likeness (QED) is 0.545. The molecule has 1 nitrogen and oxygen atoms in total. The van der Waals surface area contributed by atoms with Crippen LogP contribution < -0.4 is 5.32 Å². The average molecular weight is 141 g/mol. The summed E-state index contributed by atoms with van der Waals surface area (Å²) < 4.78 is 0. The lowest BCUT2D eigenvalue weighted by molar-refractivity contribution is 0.371. The van der Waals surface area contributed by atoms with Crippen LogP contribution in [0.3, 0.4) is 0 Å². The van der Waals surface area contributed by atoms with Gasteiger partial charge in [-0.05, 0) is 32.2 Å². The molecule has 0 aromatic carbocycles. The number of hydrogen-bond donors (Lipinski definition) is 1. The lowest BCUT2D eigenvalue weighted by Gasteiger charge is -2.21. The van der Waals surface area contributed by atoms with Gasteiger partial charge in [0.25, 0.3) is 0 Å². The van der Waals surface area contributed by atoms with Gasteiger partial charge in [0, 0.05) is 6.04 Å². The monoisotopic (exact) mass is 141 g/mol. The summed E-state index contributed by atoms with van der Waals surface area (Å²) in [4.78, 5) is 0. The maximum absolute atomic E-state index is 3.53. The van der Waals surface area contributed by atoms with Crippen LogP contribution >= 0.6 is 0 Å². The summed E-state index contributed by atoms with van der Waals surface area (Å²) in [7, 11) is 0. The van der Waals surface area contributed by atoms with Gasteiger partial charge in [-0.25, -0.2) is 0 Å². The predicted molar refractivity (Wildman–Crippen MR) is 45.1 cm³/mol. The van der Waals surface area contributed by atoms with Gasteiger partial charge in [-0.3, -0.25) is 0 Å².